The van der Waals surface area contributed by atoms with Gasteiger partial charge in [0.05, 0.1) is 5.56 Å². The minimum absolute atomic E-state index is 0.360. The SMILES string of the molecule is CNCCC#Cc1cccnc1F. The van der Waals surface area contributed by atoms with Gasteiger partial charge in [0, 0.05) is 19.2 Å². The average Bonchev–Trinajstić information content (AvgIpc) is 2.15. The summed E-state index contributed by atoms with van der Waals surface area (Å²) in [6.07, 6.45) is 2.12. The van der Waals surface area contributed by atoms with E-state index in [0.717, 1.165) is 6.54 Å². The van der Waals surface area contributed by atoms with Gasteiger partial charge in [0.15, 0.2) is 0 Å². The summed E-state index contributed by atoms with van der Waals surface area (Å²) in [4.78, 5) is 3.49. The van der Waals surface area contributed by atoms with Crippen molar-refractivity contribution in [1.82, 2.24) is 10.3 Å². The summed E-state index contributed by atoms with van der Waals surface area (Å²) in [5, 5.41) is 2.96. The van der Waals surface area contributed by atoms with Gasteiger partial charge in [-0.05, 0) is 19.2 Å². The fraction of sp³-hybridized carbons (Fsp3) is 0.300. The number of pyridine rings is 1. The van der Waals surface area contributed by atoms with Crippen LogP contribution >= 0.6 is 0 Å². The molecule has 0 bridgehead atoms. The molecule has 0 fully saturated rings. The van der Waals surface area contributed by atoms with Crippen LogP contribution in [-0.2, 0) is 0 Å². The van der Waals surface area contributed by atoms with Gasteiger partial charge in [-0.1, -0.05) is 11.8 Å². The molecule has 1 rings (SSSR count). The summed E-state index contributed by atoms with van der Waals surface area (Å²) in [6.45, 7) is 0.814. The Morgan fingerprint density at radius 2 is 2.46 bits per heavy atom. The van der Waals surface area contributed by atoms with Crippen LogP contribution in [0.1, 0.15) is 12.0 Å². The monoisotopic (exact) mass is 178 g/mol. The summed E-state index contributed by atoms with van der Waals surface area (Å²) in [6, 6.07) is 3.29. The van der Waals surface area contributed by atoms with Crippen LogP contribution in [0.4, 0.5) is 4.39 Å². The summed E-state index contributed by atoms with van der Waals surface area (Å²) < 4.78 is 12.9. The minimum Gasteiger partial charge on any atom is -0.319 e. The van der Waals surface area contributed by atoms with Gasteiger partial charge in [-0.2, -0.15) is 4.39 Å². The first-order valence-electron chi connectivity index (χ1n) is 4.08. The highest BCUT2D eigenvalue weighted by Crippen LogP contribution is 1.99. The second-order valence-corrected chi connectivity index (χ2v) is 2.50. The molecule has 3 heteroatoms. The maximum atomic E-state index is 12.9. The molecule has 1 aromatic rings. The van der Waals surface area contributed by atoms with Crippen LogP contribution in [0.25, 0.3) is 0 Å². The normalized spacial score (nSPS) is 9.08. The summed E-state index contributed by atoms with van der Waals surface area (Å²) in [5.74, 6) is 5.07. The van der Waals surface area contributed by atoms with Crippen molar-refractivity contribution in [1.29, 1.82) is 0 Å². The van der Waals surface area contributed by atoms with Crippen molar-refractivity contribution in [2.24, 2.45) is 0 Å². The van der Waals surface area contributed by atoms with E-state index >= 15 is 0 Å². The van der Waals surface area contributed by atoms with E-state index < -0.39 is 5.95 Å². The lowest BCUT2D eigenvalue weighted by molar-refractivity contribution is 0.580. The molecular formula is C10H11FN2. The zero-order valence-corrected chi connectivity index (χ0v) is 7.47. The molecule has 0 aliphatic heterocycles. The second-order valence-electron chi connectivity index (χ2n) is 2.50. The molecule has 1 heterocycles. The van der Waals surface area contributed by atoms with Crippen molar-refractivity contribution in [2.75, 3.05) is 13.6 Å². The van der Waals surface area contributed by atoms with Crippen LogP contribution in [0.5, 0.6) is 0 Å². The smallest absolute Gasteiger partial charge is 0.228 e. The van der Waals surface area contributed by atoms with Crippen LogP contribution in [0.15, 0.2) is 18.3 Å². The van der Waals surface area contributed by atoms with Crippen LogP contribution in [0, 0.1) is 17.8 Å². The van der Waals surface area contributed by atoms with E-state index in [0.29, 0.717) is 12.0 Å². The maximum Gasteiger partial charge on any atom is 0.228 e. The molecular weight excluding hydrogens is 167 g/mol. The first-order valence-corrected chi connectivity index (χ1v) is 4.08. The Hall–Kier alpha value is -1.40. The minimum atomic E-state index is -0.501. The van der Waals surface area contributed by atoms with Gasteiger partial charge < -0.3 is 5.32 Å². The second kappa shape index (κ2) is 5.28. The van der Waals surface area contributed by atoms with Crippen LogP contribution in [-0.4, -0.2) is 18.6 Å². The third kappa shape index (κ3) is 3.22. The molecule has 0 radical (unpaired) electrons. The summed E-state index contributed by atoms with van der Waals surface area (Å²) in [5.41, 5.74) is 0.360. The Balaban J connectivity index is 2.61. The molecule has 0 amide bonds. The Morgan fingerprint density at radius 1 is 1.62 bits per heavy atom. The molecule has 0 saturated heterocycles. The molecule has 0 aliphatic rings. The lowest BCUT2D eigenvalue weighted by Crippen LogP contribution is -2.05. The van der Waals surface area contributed by atoms with Crippen molar-refractivity contribution in [3.63, 3.8) is 0 Å². The van der Waals surface area contributed by atoms with E-state index in [1.807, 2.05) is 7.05 Å². The third-order valence-corrected chi connectivity index (χ3v) is 1.48. The van der Waals surface area contributed by atoms with Crippen LogP contribution in [0.3, 0.4) is 0 Å². The van der Waals surface area contributed by atoms with Gasteiger partial charge >= 0.3 is 0 Å². The number of nitrogens with one attached hydrogen (secondary N) is 1. The third-order valence-electron chi connectivity index (χ3n) is 1.48. The van der Waals surface area contributed by atoms with Gasteiger partial charge in [-0.15, -0.1) is 0 Å². The van der Waals surface area contributed by atoms with Crippen LogP contribution < -0.4 is 5.32 Å². The summed E-state index contributed by atoms with van der Waals surface area (Å²) in [7, 11) is 1.85. The molecule has 0 aromatic carbocycles. The number of hydrogen-bond acceptors (Lipinski definition) is 2. The highest BCUT2D eigenvalue weighted by atomic mass is 19.1. The largest absolute Gasteiger partial charge is 0.319 e. The van der Waals surface area contributed by atoms with E-state index in [1.165, 1.54) is 6.20 Å². The molecule has 0 saturated carbocycles. The standard InChI is InChI=1S/C10H11FN2/c1-12-7-3-2-5-9-6-4-8-13-10(9)11/h4,6,8,12H,3,7H2,1H3. The highest BCUT2D eigenvalue weighted by molar-refractivity contribution is 5.32. The first-order chi connectivity index (χ1) is 6.34. The molecule has 0 spiro atoms. The molecule has 13 heavy (non-hydrogen) atoms. The van der Waals surface area contributed by atoms with E-state index in [1.54, 1.807) is 12.1 Å². The zero-order chi connectivity index (χ0) is 9.52. The highest BCUT2D eigenvalue weighted by Gasteiger charge is 1.95. The molecule has 2 nitrogen and oxygen atoms in total. The molecule has 68 valence electrons. The van der Waals surface area contributed by atoms with E-state index in [4.69, 9.17) is 0 Å². The van der Waals surface area contributed by atoms with Gasteiger partial charge in [-0.3, -0.25) is 0 Å². The van der Waals surface area contributed by atoms with Crippen molar-refractivity contribution >= 4 is 0 Å². The van der Waals surface area contributed by atoms with E-state index in [-0.39, 0.29) is 0 Å². The molecule has 0 aliphatic carbocycles. The van der Waals surface area contributed by atoms with Crippen molar-refractivity contribution in [3.8, 4) is 11.8 Å². The predicted octanol–water partition coefficient (Wildman–Crippen LogP) is 1.18. The Kier molecular flexibility index (Phi) is 3.94. The molecule has 1 aromatic heterocycles. The van der Waals surface area contributed by atoms with E-state index in [9.17, 15) is 4.39 Å². The Morgan fingerprint density at radius 3 is 3.15 bits per heavy atom. The quantitative estimate of drug-likeness (QED) is 0.418. The molecule has 1 N–H and O–H groups in total. The predicted molar refractivity (Wildman–Crippen MR) is 49.6 cm³/mol. The molecule has 0 unspecified atom stereocenters. The lowest BCUT2D eigenvalue weighted by Gasteiger charge is -1.91. The molecule has 0 atom stereocenters. The summed E-state index contributed by atoms with van der Waals surface area (Å²) >= 11 is 0. The Bertz CT molecular complexity index is 325. The number of aromatic nitrogens is 1. The zero-order valence-electron chi connectivity index (χ0n) is 7.47. The fourth-order valence-electron chi connectivity index (χ4n) is 0.825. The average molecular weight is 178 g/mol. The topological polar surface area (TPSA) is 24.9 Å². The van der Waals surface area contributed by atoms with Gasteiger partial charge in [0.2, 0.25) is 5.95 Å². The maximum absolute atomic E-state index is 12.9. The Labute approximate surface area is 77.2 Å². The van der Waals surface area contributed by atoms with Crippen molar-refractivity contribution in [3.05, 3.63) is 29.8 Å². The first kappa shape index (κ1) is 9.69. The number of hydrogen-bond donors (Lipinski definition) is 1. The van der Waals surface area contributed by atoms with Crippen molar-refractivity contribution < 1.29 is 4.39 Å². The van der Waals surface area contributed by atoms with Gasteiger partial charge in [-0.25, -0.2) is 4.98 Å². The van der Waals surface area contributed by atoms with Gasteiger partial charge in [0.25, 0.3) is 0 Å². The number of nitrogens with zero attached hydrogens (tertiary/aromatic N) is 1. The lowest BCUT2D eigenvalue weighted by atomic mass is 10.2. The number of rotatable bonds is 2. The van der Waals surface area contributed by atoms with E-state index in [2.05, 4.69) is 22.1 Å². The van der Waals surface area contributed by atoms with Crippen LogP contribution in [0.2, 0.25) is 0 Å². The van der Waals surface area contributed by atoms with Gasteiger partial charge in [0.1, 0.15) is 0 Å². The van der Waals surface area contributed by atoms with Crippen molar-refractivity contribution in [2.45, 2.75) is 6.42 Å². The fourth-order valence-corrected chi connectivity index (χ4v) is 0.825. The number of halogens is 1.